The predicted octanol–water partition coefficient (Wildman–Crippen LogP) is 4.28. The minimum atomic E-state index is -2.09. The van der Waals surface area contributed by atoms with Crippen LogP contribution in [-0.4, -0.2) is 21.8 Å². The molecule has 0 aromatic heterocycles. The average Bonchev–Trinajstić information content (AvgIpc) is 3.13. The summed E-state index contributed by atoms with van der Waals surface area (Å²) in [6.07, 6.45) is 0. The van der Waals surface area contributed by atoms with Gasteiger partial charge in [-0.1, -0.05) is 54.2 Å². The van der Waals surface area contributed by atoms with Crippen LogP contribution in [0.15, 0.2) is 101 Å². The molecule has 5 N–H and O–H groups in total. The van der Waals surface area contributed by atoms with Crippen molar-refractivity contribution in [2.75, 3.05) is 10.6 Å². The minimum Gasteiger partial charge on any atom is -0.398 e. The summed E-state index contributed by atoms with van der Waals surface area (Å²) in [6, 6.07) is 23.8. The number of hydrogen-bond acceptors (Lipinski definition) is 7. The van der Waals surface area contributed by atoms with Gasteiger partial charge in [-0.2, -0.15) is 0 Å². The first-order chi connectivity index (χ1) is 17.7. The molecule has 0 bridgehead atoms. The van der Waals surface area contributed by atoms with Crippen LogP contribution in [0, 0.1) is 10.1 Å². The Labute approximate surface area is 215 Å². The molecule has 0 aliphatic carbocycles. The zero-order valence-electron chi connectivity index (χ0n) is 19.2. The molecular formula is C27H20N4O5S. The highest BCUT2D eigenvalue weighted by molar-refractivity contribution is 7.99. The largest absolute Gasteiger partial charge is 0.398 e. The first kappa shape index (κ1) is 24.0. The van der Waals surface area contributed by atoms with E-state index in [1.807, 2.05) is 0 Å². The van der Waals surface area contributed by atoms with E-state index in [4.69, 9.17) is 11.5 Å². The monoisotopic (exact) mass is 512 g/mol. The number of nitro benzene ring substituents is 1. The Kier molecular flexibility index (Phi) is 5.90. The van der Waals surface area contributed by atoms with E-state index >= 15 is 0 Å². The molecule has 9 nitrogen and oxygen atoms in total. The van der Waals surface area contributed by atoms with Gasteiger partial charge in [0.2, 0.25) is 5.91 Å². The van der Waals surface area contributed by atoms with Gasteiger partial charge in [0, 0.05) is 44.6 Å². The van der Waals surface area contributed by atoms with E-state index in [-0.39, 0.29) is 33.6 Å². The second kappa shape index (κ2) is 9.08. The van der Waals surface area contributed by atoms with Crippen LogP contribution >= 0.6 is 11.8 Å². The quantitative estimate of drug-likeness (QED) is 0.198. The number of fused-ring (bicyclic) bond motifs is 1. The van der Waals surface area contributed by atoms with Crippen LogP contribution < -0.4 is 16.4 Å². The summed E-state index contributed by atoms with van der Waals surface area (Å²) >= 11 is 1.13. The van der Waals surface area contributed by atoms with Gasteiger partial charge >= 0.3 is 0 Å². The summed E-state index contributed by atoms with van der Waals surface area (Å²) in [5.41, 5.74) is 10.5. The second-order valence-corrected chi connectivity index (χ2v) is 9.44. The molecule has 10 heteroatoms. The molecule has 0 saturated carbocycles. The van der Waals surface area contributed by atoms with E-state index in [1.54, 1.807) is 60.7 Å². The van der Waals surface area contributed by atoms with Crippen LogP contribution in [0.5, 0.6) is 0 Å². The van der Waals surface area contributed by atoms with Crippen molar-refractivity contribution >= 4 is 40.6 Å². The molecule has 2 amide bonds. The molecule has 37 heavy (non-hydrogen) atoms. The Balaban J connectivity index is 1.69. The lowest BCUT2D eigenvalue weighted by Gasteiger charge is -2.35. The van der Waals surface area contributed by atoms with Crippen molar-refractivity contribution in [1.82, 2.24) is 0 Å². The van der Waals surface area contributed by atoms with Gasteiger partial charge in [0.25, 0.3) is 11.6 Å². The fourth-order valence-electron chi connectivity index (χ4n) is 4.40. The Bertz CT molecular complexity index is 1590. The van der Waals surface area contributed by atoms with E-state index in [0.29, 0.717) is 15.5 Å². The third-order valence-corrected chi connectivity index (χ3v) is 7.30. The SMILES string of the molecule is NC(=O)c1cccc(N2C(=O)c3ccccc3C2(O)c2ccc(Sc3ccccc3N)c([N+](=O)[O-])c2)c1. The molecule has 4 aromatic rings. The first-order valence-electron chi connectivity index (χ1n) is 11.1. The van der Waals surface area contributed by atoms with Crippen molar-refractivity contribution in [2.24, 2.45) is 5.73 Å². The van der Waals surface area contributed by atoms with E-state index in [2.05, 4.69) is 0 Å². The van der Waals surface area contributed by atoms with Crippen molar-refractivity contribution in [3.8, 4) is 0 Å². The number of benzene rings is 4. The highest BCUT2D eigenvalue weighted by Crippen LogP contribution is 2.47. The highest BCUT2D eigenvalue weighted by Gasteiger charge is 2.51. The lowest BCUT2D eigenvalue weighted by molar-refractivity contribution is -0.387. The number of amides is 2. The third-order valence-electron chi connectivity index (χ3n) is 6.15. The third kappa shape index (κ3) is 3.98. The van der Waals surface area contributed by atoms with Crippen molar-refractivity contribution in [3.63, 3.8) is 0 Å². The Morgan fingerprint density at radius 1 is 0.946 bits per heavy atom. The second-order valence-electron chi connectivity index (χ2n) is 8.35. The first-order valence-corrected chi connectivity index (χ1v) is 11.9. The maximum Gasteiger partial charge on any atom is 0.283 e. The Morgan fingerprint density at radius 2 is 1.68 bits per heavy atom. The summed E-state index contributed by atoms with van der Waals surface area (Å²) in [5, 5.41) is 24.3. The number of carbonyl (C=O) groups excluding carboxylic acids is 2. The maximum absolute atomic E-state index is 13.5. The number of carbonyl (C=O) groups is 2. The minimum absolute atomic E-state index is 0.104. The number of aliphatic hydroxyl groups is 1. The summed E-state index contributed by atoms with van der Waals surface area (Å²) in [4.78, 5) is 39.0. The number of hydrogen-bond donors (Lipinski definition) is 3. The van der Waals surface area contributed by atoms with Gasteiger partial charge < -0.3 is 16.6 Å². The van der Waals surface area contributed by atoms with E-state index in [9.17, 15) is 24.8 Å². The van der Waals surface area contributed by atoms with Crippen LogP contribution in [0.1, 0.15) is 31.8 Å². The number of nitrogens with two attached hydrogens (primary N) is 2. The topological polar surface area (TPSA) is 153 Å². The van der Waals surface area contributed by atoms with Crippen LogP contribution in [0.4, 0.5) is 17.1 Å². The molecule has 184 valence electrons. The number of nitro groups is 1. The van der Waals surface area contributed by atoms with Crippen molar-refractivity contribution < 1.29 is 19.6 Å². The molecule has 5 rings (SSSR count). The van der Waals surface area contributed by atoms with Gasteiger partial charge in [0.05, 0.1) is 9.82 Å². The Hall–Kier alpha value is -4.67. The highest BCUT2D eigenvalue weighted by atomic mass is 32.2. The lowest BCUT2D eigenvalue weighted by Crippen LogP contribution is -2.45. The Morgan fingerprint density at radius 3 is 2.41 bits per heavy atom. The summed E-state index contributed by atoms with van der Waals surface area (Å²) in [5.74, 6) is -1.23. The van der Waals surface area contributed by atoms with Gasteiger partial charge in [0.1, 0.15) is 0 Å². The van der Waals surface area contributed by atoms with E-state index in [0.717, 1.165) is 16.7 Å². The van der Waals surface area contributed by atoms with Crippen LogP contribution in [0.25, 0.3) is 0 Å². The molecule has 1 aliphatic rings. The van der Waals surface area contributed by atoms with Crippen LogP contribution in [0.2, 0.25) is 0 Å². The molecule has 1 unspecified atom stereocenters. The molecule has 0 fully saturated rings. The number of rotatable bonds is 6. The molecule has 1 atom stereocenters. The number of nitrogen functional groups attached to an aromatic ring is 1. The summed E-state index contributed by atoms with van der Waals surface area (Å²) < 4.78 is 0. The van der Waals surface area contributed by atoms with Crippen molar-refractivity contribution in [1.29, 1.82) is 0 Å². The van der Waals surface area contributed by atoms with E-state index < -0.39 is 22.5 Å². The molecule has 1 heterocycles. The zero-order chi connectivity index (χ0) is 26.3. The van der Waals surface area contributed by atoms with Crippen LogP contribution in [0.3, 0.4) is 0 Å². The number of nitrogens with zero attached hydrogens (tertiary/aromatic N) is 2. The van der Waals surface area contributed by atoms with Gasteiger partial charge in [-0.15, -0.1) is 0 Å². The molecule has 0 radical (unpaired) electrons. The standard InChI is InChI=1S/C27H20N4O5S/c28-21-10-3-4-11-23(21)37-24-13-12-17(15-22(24)31(35)36)27(34)20-9-2-1-8-19(20)26(33)30(27)18-7-5-6-16(14-18)25(29)32/h1-15,34H,28H2,(H2,29,32). The molecule has 0 spiro atoms. The fraction of sp³-hybridized carbons (Fsp3) is 0.0370. The van der Waals surface area contributed by atoms with Crippen molar-refractivity contribution in [2.45, 2.75) is 15.5 Å². The average molecular weight is 513 g/mol. The van der Waals surface area contributed by atoms with Gasteiger partial charge in [0.15, 0.2) is 5.72 Å². The van der Waals surface area contributed by atoms with Gasteiger partial charge in [-0.3, -0.25) is 24.6 Å². The molecule has 4 aromatic carbocycles. The lowest BCUT2D eigenvalue weighted by atomic mass is 9.93. The summed E-state index contributed by atoms with van der Waals surface area (Å²) in [7, 11) is 0. The number of anilines is 2. The van der Waals surface area contributed by atoms with Crippen molar-refractivity contribution in [3.05, 3.63) is 123 Å². The molecule has 1 aliphatic heterocycles. The predicted molar refractivity (Wildman–Crippen MR) is 139 cm³/mol. The van der Waals surface area contributed by atoms with Gasteiger partial charge in [-0.25, -0.2) is 0 Å². The zero-order valence-corrected chi connectivity index (χ0v) is 20.0. The fourth-order valence-corrected chi connectivity index (χ4v) is 5.35. The van der Waals surface area contributed by atoms with Crippen LogP contribution in [-0.2, 0) is 5.72 Å². The maximum atomic E-state index is 13.5. The number of primary amides is 1. The molecular weight excluding hydrogens is 492 g/mol. The number of para-hydroxylation sites is 1. The van der Waals surface area contributed by atoms with Gasteiger partial charge in [-0.05, 0) is 42.5 Å². The molecule has 0 saturated heterocycles. The summed E-state index contributed by atoms with van der Waals surface area (Å²) in [6.45, 7) is 0. The van der Waals surface area contributed by atoms with E-state index in [1.165, 1.54) is 30.3 Å². The smallest absolute Gasteiger partial charge is 0.283 e. The normalized spacial score (nSPS) is 16.5.